The molecule has 130 valence electrons. The van der Waals surface area contributed by atoms with Gasteiger partial charge in [0, 0.05) is 29.6 Å². The van der Waals surface area contributed by atoms with Gasteiger partial charge in [0.1, 0.15) is 5.75 Å². The SMILES string of the molecule is O=Cc1c(O)ccc2nc(-c3cccc(C(=O)N4CCCC4)c3)ccc12. The summed E-state index contributed by atoms with van der Waals surface area (Å²) in [6.07, 6.45) is 2.75. The van der Waals surface area contributed by atoms with Crippen LogP contribution in [0.25, 0.3) is 22.2 Å². The zero-order valence-electron chi connectivity index (χ0n) is 14.2. The second-order valence-electron chi connectivity index (χ2n) is 6.46. The normalized spacial score (nSPS) is 13.9. The van der Waals surface area contributed by atoms with Crippen molar-refractivity contribution in [3.63, 3.8) is 0 Å². The van der Waals surface area contributed by atoms with E-state index in [2.05, 4.69) is 4.98 Å². The first-order valence-electron chi connectivity index (χ1n) is 8.65. The van der Waals surface area contributed by atoms with Crippen molar-refractivity contribution in [1.82, 2.24) is 9.88 Å². The van der Waals surface area contributed by atoms with Crippen LogP contribution in [0.3, 0.4) is 0 Å². The van der Waals surface area contributed by atoms with Crippen LogP contribution < -0.4 is 0 Å². The van der Waals surface area contributed by atoms with Crippen LogP contribution in [0, 0.1) is 0 Å². The number of aldehydes is 1. The zero-order chi connectivity index (χ0) is 18.1. The number of rotatable bonds is 3. The molecule has 2 heterocycles. The number of phenolic OH excluding ortho intramolecular Hbond substituents is 1. The number of nitrogens with zero attached hydrogens (tertiary/aromatic N) is 2. The first-order chi connectivity index (χ1) is 12.7. The fourth-order valence-corrected chi connectivity index (χ4v) is 3.41. The number of fused-ring (bicyclic) bond motifs is 1. The molecule has 1 aliphatic heterocycles. The Labute approximate surface area is 150 Å². The Kier molecular flexibility index (Phi) is 4.13. The van der Waals surface area contributed by atoms with Gasteiger partial charge >= 0.3 is 0 Å². The molecule has 4 rings (SSSR count). The number of pyridine rings is 1. The predicted octanol–water partition coefficient (Wildman–Crippen LogP) is 3.66. The van der Waals surface area contributed by atoms with E-state index in [1.165, 1.54) is 6.07 Å². The Hall–Kier alpha value is -3.21. The molecule has 1 aromatic heterocycles. The van der Waals surface area contributed by atoms with Crippen LogP contribution in [0.4, 0.5) is 0 Å². The third kappa shape index (κ3) is 2.81. The maximum Gasteiger partial charge on any atom is 0.253 e. The Morgan fingerprint density at radius 2 is 1.88 bits per heavy atom. The van der Waals surface area contributed by atoms with Crippen LogP contribution in [0.1, 0.15) is 33.6 Å². The van der Waals surface area contributed by atoms with E-state index in [0.29, 0.717) is 22.8 Å². The number of amides is 1. The Bertz CT molecular complexity index is 1010. The lowest BCUT2D eigenvalue weighted by Gasteiger charge is -2.15. The van der Waals surface area contributed by atoms with Crippen molar-refractivity contribution in [1.29, 1.82) is 0 Å². The van der Waals surface area contributed by atoms with E-state index in [0.717, 1.165) is 37.2 Å². The Morgan fingerprint density at radius 3 is 2.65 bits per heavy atom. The summed E-state index contributed by atoms with van der Waals surface area (Å²) in [4.78, 5) is 30.3. The van der Waals surface area contributed by atoms with E-state index < -0.39 is 0 Å². The van der Waals surface area contributed by atoms with Crippen LogP contribution in [-0.4, -0.2) is 40.3 Å². The van der Waals surface area contributed by atoms with Gasteiger partial charge in [0.25, 0.3) is 5.91 Å². The lowest BCUT2D eigenvalue weighted by molar-refractivity contribution is 0.0792. The Morgan fingerprint density at radius 1 is 1.08 bits per heavy atom. The number of benzene rings is 2. The van der Waals surface area contributed by atoms with Crippen molar-refractivity contribution in [3.05, 3.63) is 59.7 Å². The van der Waals surface area contributed by atoms with Gasteiger partial charge in [-0.15, -0.1) is 0 Å². The highest BCUT2D eigenvalue weighted by Crippen LogP contribution is 2.28. The van der Waals surface area contributed by atoms with Gasteiger partial charge in [0.05, 0.1) is 16.8 Å². The summed E-state index contributed by atoms with van der Waals surface area (Å²) in [6.45, 7) is 1.63. The fourth-order valence-electron chi connectivity index (χ4n) is 3.41. The molecule has 26 heavy (non-hydrogen) atoms. The highest BCUT2D eigenvalue weighted by Gasteiger charge is 2.19. The largest absolute Gasteiger partial charge is 0.507 e. The number of hydrogen-bond donors (Lipinski definition) is 1. The minimum absolute atomic E-state index is 0.0540. The lowest BCUT2D eigenvalue weighted by Crippen LogP contribution is -2.27. The molecular formula is C21H18N2O3. The van der Waals surface area contributed by atoms with Crippen LogP contribution in [0.5, 0.6) is 5.75 Å². The number of aromatic nitrogens is 1. The fraction of sp³-hybridized carbons (Fsp3) is 0.190. The van der Waals surface area contributed by atoms with Gasteiger partial charge < -0.3 is 10.0 Å². The minimum atomic E-state index is -0.0553. The molecular weight excluding hydrogens is 328 g/mol. The molecule has 3 aromatic rings. The van der Waals surface area contributed by atoms with Gasteiger partial charge in [-0.05, 0) is 49.2 Å². The molecule has 1 N–H and O–H groups in total. The molecule has 0 atom stereocenters. The van der Waals surface area contributed by atoms with E-state index >= 15 is 0 Å². The van der Waals surface area contributed by atoms with Crippen LogP contribution in [-0.2, 0) is 0 Å². The second-order valence-corrected chi connectivity index (χ2v) is 6.46. The number of likely N-dealkylation sites (tertiary alicyclic amines) is 1. The third-order valence-electron chi connectivity index (χ3n) is 4.81. The van der Waals surface area contributed by atoms with Crippen molar-refractivity contribution < 1.29 is 14.7 Å². The molecule has 0 radical (unpaired) electrons. The Balaban J connectivity index is 1.73. The number of aromatic hydroxyl groups is 1. The van der Waals surface area contributed by atoms with Gasteiger partial charge in [-0.2, -0.15) is 0 Å². The van der Waals surface area contributed by atoms with Crippen molar-refractivity contribution >= 4 is 23.1 Å². The maximum atomic E-state index is 12.6. The molecule has 1 amide bonds. The summed E-state index contributed by atoms with van der Waals surface area (Å²) in [5, 5.41) is 10.4. The summed E-state index contributed by atoms with van der Waals surface area (Å²) in [7, 11) is 0. The third-order valence-corrected chi connectivity index (χ3v) is 4.81. The average molecular weight is 346 g/mol. The van der Waals surface area contributed by atoms with E-state index in [9.17, 15) is 14.7 Å². The van der Waals surface area contributed by atoms with Gasteiger partial charge in [-0.1, -0.05) is 12.1 Å². The quantitative estimate of drug-likeness (QED) is 0.735. The molecule has 5 heteroatoms. The number of hydrogen-bond acceptors (Lipinski definition) is 4. The van der Waals surface area contributed by atoms with E-state index in [1.807, 2.05) is 29.2 Å². The van der Waals surface area contributed by atoms with Crippen LogP contribution >= 0.6 is 0 Å². The van der Waals surface area contributed by atoms with Gasteiger partial charge in [-0.25, -0.2) is 4.98 Å². The van der Waals surface area contributed by atoms with Crippen molar-refractivity contribution in [2.75, 3.05) is 13.1 Å². The minimum Gasteiger partial charge on any atom is -0.507 e. The predicted molar refractivity (Wildman–Crippen MR) is 99.4 cm³/mol. The first-order valence-corrected chi connectivity index (χ1v) is 8.65. The molecule has 5 nitrogen and oxygen atoms in total. The molecule has 1 fully saturated rings. The molecule has 0 unspecified atom stereocenters. The molecule has 1 saturated heterocycles. The van der Waals surface area contributed by atoms with Crippen LogP contribution in [0.2, 0.25) is 0 Å². The molecule has 1 aliphatic rings. The lowest BCUT2D eigenvalue weighted by atomic mass is 10.0. The maximum absolute atomic E-state index is 12.6. The summed E-state index contributed by atoms with van der Waals surface area (Å²) in [5.41, 5.74) is 3.08. The molecule has 0 bridgehead atoms. The van der Waals surface area contributed by atoms with Gasteiger partial charge in [0.2, 0.25) is 0 Å². The number of phenols is 1. The zero-order valence-corrected chi connectivity index (χ0v) is 14.2. The summed E-state index contributed by atoms with van der Waals surface area (Å²) >= 11 is 0. The molecule has 0 spiro atoms. The monoisotopic (exact) mass is 346 g/mol. The molecule has 2 aromatic carbocycles. The van der Waals surface area contributed by atoms with Crippen LogP contribution in [0.15, 0.2) is 48.5 Å². The van der Waals surface area contributed by atoms with Crippen molar-refractivity contribution in [3.8, 4) is 17.0 Å². The molecule has 0 saturated carbocycles. The number of carbonyl (C=O) groups excluding carboxylic acids is 2. The van der Waals surface area contributed by atoms with Crippen molar-refractivity contribution in [2.45, 2.75) is 12.8 Å². The number of carbonyl (C=O) groups is 2. The standard InChI is InChI=1S/C21H18N2O3/c24-13-17-16-6-7-18(22-19(16)8-9-20(17)25)14-4-3-5-15(12-14)21(26)23-10-1-2-11-23/h3-9,12-13,25H,1-2,10-11H2. The van der Waals surface area contributed by atoms with E-state index in [4.69, 9.17) is 0 Å². The summed E-state index contributed by atoms with van der Waals surface area (Å²) < 4.78 is 0. The smallest absolute Gasteiger partial charge is 0.253 e. The molecule has 0 aliphatic carbocycles. The van der Waals surface area contributed by atoms with Crippen molar-refractivity contribution in [2.24, 2.45) is 0 Å². The second kappa shape index (κ2) is 6.59. The highest BCUT2D eigenvalue weighted by molar-refractivity contribution is 6.00. The van der Waals surface area contributed by atoms with E-state index in [1.54, 1.807) is 18.2 Å². The van der Waals surface area contributed by atoms with Gasteiger partial charge in [0.15, 0.2) is 6.29 Å². The van der Waals surface area contributed by atoms with E-state index in [-0.39, 0.29) is 17.2 Å². The summed E-state index contributed by atoms with van der Waals surface area (Å²) in [6, 6.07) is 14.2. The van der Waals surface area contributed by atoms with Gasteiger partial charge in [-0.3, -0.25) is 9.59 Å². The average Bonchev–Trinajstić information content (AvgIpc) is 3.22. The topological polar surface area (TPSA) is 70.5 Å². The summed E-state index contributed by atoms with van der Waals surface area (Å²) in [5.74, 6) is -0.00133. The first kappa shape index (κ1) is 16.3. The highest BCUT2D eigenvalue weighted by atomic mass is 16.3.